The monoisotopic (exact) mass is 299 g/mol. The van der Waals surface area contributed by atoms with E-state index in [1.165, 1.54) is 12.1 Å². The molecule has 1 aromatic carbocycles. The molecule has 0 aliphatic rings. The fourth-order valence-electron chi connectivity index (χ4n) is 1.42. The average molecular weight is 300 g/mol. The number of hydrogen-bond acceptors (Lipinski definition) is 3. The number of halogens is 4. The van der Waals surface area contributed by atoms with Gasteiger partial charge in [0.2, 0.25) is 0 Å². The molecule has 0 amide bonds. The van der Waals surface area contributed by atoms with E-state index in [0.29, 0.717) is 11.3 Å². The Morgan fingerprint density at radius 2 is 1.60 bits per heavy atom. The van der Waals surface area contributed by atoms with Gasteiger partial charge < -0.3 is 0 Å². The molecule has 0 saturated heterocycles. The molecule has 3 nitrogen and oxygen atoms in total. The Morgan fingerprint density at radius 3 is 2.15 bits per heavy atom. The quantitative estimate of drug-likeness (QED) is 0.440. The maximum Gasteiger partial charge on any atom is 0.416 e. The van der Waals surface area contributed by atoms with Crippen LogP contribution in [0.2, 0.25) is 0 Å². The minimum Gasteiger partial charge on any atom is -0.265 e. The van der Waals surface area contributed by atoms with Crippen LogP contribution in [-0.2, 0) is 6.18 Å². The molecule has 1 aromatic heterocycles. The zero-order valence-corrected chi connectivity index (χ0v) is 10.8. The molecule has 2 rings (SSSR count). The third-order valence-corrected chi connectivity index (χ3v) is 2.79. The summed E-state index contributed by atoms with van der Waals surface area (Å²) in [6, 6.07) is 7.74. The van der Waals surface area contributed by atoms with Gasteiger partial charge in [0.15, 0.2) is 5.50 Å². The number of aromatic nitrogens is 1. The zero-order valence-electron chi connectivity index (χ0n) is 10.0. The second kappa shape index (κ2) is 6.00. The Hall–Kier alpha value is -1.95. The smallest absolute Gasteiger partial charge is 0.265 e. The molecule has 7 heteroatoms. The fraction of sp³-hybridized carbons (Fsp3) is 0.154. The minimum atomic E-state index is -4.36. The van der Waals surface area contributed by atoms with Crippen molar-refractivity contribution < 1.29 is 13.2 Å². The molecule has 1 atom stereocenters. The van der Waals surface area contributed by atoms with Crippen molar-refractivity contribution in [2.24, 2.45) is 10.2 Å². The third kappa shape index (κ3) is 3.77. The molecule has 2 aromatic rings. The lowest BCUT2D eigenvalue weighted by atomic mass is 10.2. The van der Waals surface area contributed by atoms with E-state index in [2.05, 4.69) is 15.2 Å². The van der Waals surface area contributed by atoms with E-state index in [4.69, 9.17) is 11.6 Å². The first-order valence-corrected chi connectivity index (χ1v) is 6.02. The summed E-state index contributed by atoms with van der Waals surface area (Å²) in [7, 11) is 0. The van der Waals surface area contributed by atoms with Crippen LogP contribution < -0.4 is 0 Å². The van der Waals surface area contributed by atoms with Gasteiger partial charge in [0, 0.05) is 12.4 Å². The van der Waals surface area contributed by atoms with Gasteiger partial charge in [-0.3, -0.25) is 4.98 Å². The van der Waals surface area contributed by atoms with E-state index >= 15 is 0 Å². The van der Waals surface area contributed by atoms with Crippen LogP contribution in [0.5, 0.6) is 0 Å². The summed E-state index contributed by atoms with van der Waals surface area (Å²) in [5.41, 5.74) is -0.427. The van der Waals surface area contributed by atoms with Gasteiger partial charge >= 0.3 is 6.18 Å². The Balaban J connectivity index is 2.08. The minimum absolute atomic E-state index is 0.303. The number of rotatable bonds is 3. The molecule has 0 aliphatic carbocycles. The molecule has 0 aliphatic heterocycles. The van der Waals surface area contributed by atoms with Crippen molar-refractivity contribution in [3.05, 3.63) is 59.9 Å². The molecule has 0 bridgehead atoms. The molecule has 0 spiro atoms. The number of nitrogens with zero attached hydrogens (tertiary/aromatic N) is 3. The number of benzene rings is 1. The highest BCUT2D eigenvalue weighted by Gasteiger charge is 2.29. The van der Waals surface area contributed by atoms with Crippen molar-refractivity contribution in [1.82, 2.24) is 4.98 Å². The first-order valence-electron chi connectivity index (χ1n) is 5.59. The highest BCUT2D eigenvalue weighted by Crippen LogP contribution is 2.31. The maximum absolute atomic E-state index is 12.4. The zero-order chi connectivity index (χ0) is 14.6. The van der Waals surface area contributed by atoms with Crippen molar-refractivity contribution >= 4 is 17.3 Å². The number of hydrogen-bond donors (Lipinski definition) is 0. The Kier molecular flexibility index (Phi) is 4.34. The van der Waals surface area contributed by atoms with Crippen molar-refractivity contribution in [1.29, 1.82) is 0 Å². The average Bonchev–Trinajstić information content (AvgIpc) is 2.45. The van der Waals surface area contributed by atoms with Crippen LogP contribution in [0.1, 0.15) is 16.6 Å². The molecule has 1 unspecified atom stereocenters. The number of alkyl halides is 4. The SMILES string of the molecule is FC(F)(F)c1ccc(N=NC(Cl)c2ccncc2)cc1. The van der Waals surface area contributed by atoms with Crippen molar-refractivity contribution in [3.8, 4) is 0 Å². The molecule has 0 radical (unpaired) electrons. The fourth-order valence-corrected chi connectivity index (χ4v) is 1.61. The van der Waals surface area contributed by atoms with Gasteiger partial charge in [-0.1, -0.05) is 11.6 Å². The van der Waals surface area contributed by atoms with Crippen LogP contribution in [0.25, 0.3) is 0 Å². The van der Waals surface area contributed by atoms with Crippen LogP contribution in [0.3, 0.4) is 0 Å². The largest absolute Gasteiger partial charge is 0.416 e. The molecule has 104 valence electrons. The highest BCUT2D eigenvalue weighted by molar-refractivity contribution is 6.20. The van der Waals surface area contributed by atoms with E-state index in [9.17, 15) is 13.2 Å². The van der Waals surface area contributed by atoms with Crippen molar-refractivity contribution in [3.63, 3.8) is 0 Å². The second-order valence-corrected chi connectivity index (χ2v) is 4.29. The van der Waals surface area contributed by atoms with Crippen LogP contribution in [0.15, 0.2) is 59.0 Å². The van der Waals surface area contributed by atoms with E-state index in [-0.39, 0.29) is 0 Å². The lowest BCUT2D eigenvalue weighted by Crippen LogP contribution is -2.03. The summed E-state index contributed by atoms with van der Waals surface area (Å²) in [6.07, 6.45) is -1.22. The van der Waals surface area contributed by atoms with E-state index < -0.39 is 17.2 Å². The summed E-state index contributed by atoms with van der Waals surface area (Å²) >= 11 is 5.99. The van der Waals surface area contributed by atoms with Crippen molar-refractivity contribution in [2.75, 3.05) is 0 Å². The first-order chi connectivity index (χ1) is 9.47. The number of azo groups is 1. The van der Waals surface area contributed by atoms with Gasteiger partial charge in [0.1, 0.15) is 0 Å². The van der Waals surface area contributed by atoms with Crippen molar-refractivity contribution in [2.45, 2.75) is 11.7 Å². The highest BCUT2D eigenvalue weighted by atomic mass is 35.5. The normalized spacial score (nSPS) is 13.6. The van der Waals surface area contributed by atoms with Crippen LogP contribution in [0, 0.1) is 0 Å². The third-order valence-electron chi connectivity index (χ3n) is 2.45. The summed E-state index contributed by atoms with van der Waals surface area (Å²) in [5, 5.41) is 7.65. The molecular formula is C13H9ClF3N3. The van der Waals surface area contributed by atoms with Gasteiger partial charge in [-0.25, -0.2) is 0 Å². The maximum atomic E-state index is 12.4. The van der Waals surface area contributed by atoms with Gasteiger partial charge in [0.25, 0.3) is 0 Å². The van der Waals surface area contributed by atoms with Gasteiger partial charge in [-0.2, -0.15) is 23.4 Å². The lowest BCUT2D eigenvalue weighted by Gasteiger charge is -2.06. The number of pyridine rings is 1. The Morgan fingerprint density at radius 1 is 1.00 bits per heavy atom. The van der Waals surface area contributed by atoms with Crippen LogP contribution in [0.4, 0.5) is 18.9 Å². The van der Waals surface area contributed by atoms with Crippen LogP contribution in [-0.4, -0.2) is 4.98 Å². The standard InChI is InChI=1S/C13H9ClF3N3/c14-12(9-5-7-18-8-6-9)20-19-11-3-1-10(2-4-11)13(15,16)17/h1-8,12H. The molecule has 20 heavy (non-hydrogen) atoms. The molecule has 0 N–H and O–H groups in total. The topological polar surface area (TPSA) is 37.6 Å². The first kappa shape index (κ1) is 14.5. The van der Waals surface area contributed by atoms with Gasteiger partial charge in [-0.15, -0.1) is 0 Å². The molecule has 1 heterocycles. The molecule has 0 fully saturated rings. The van der Waals surface area contributed by atoms with Gasteiger partial charge in [0.05, 0.1) is 11.3 Å². The summed E-state index contributed by atoms with van der Waals surface area (Å²) in [5.74, 6) is 0. The molecule has 0 saturated carbocycles. The Bertz CT molecular complexity index is 582. The molecular weight excluding hydrogens is 291 g/mol. The summed E-state index contributed by atoms with van der Waals surface area (Å²) in [4.78, 5) is 3.84. The predicted molar refractivity (Wildman–Crippen MR) is 68.8 cm³/mol. The van der Waals surface area contributed by atoms with E-state index in [0.717, 1.165) is 12.1 Å². The lowest BCUT2D eigenvalue weighted by molar-refractivity contribution is -0.137. The Labute approximate surface area is 118 Å². The predicted octanol–water partition coefficient (Wildman–Crippen LogP) is 5.12. The van der Waals surface area contributed by atoms with Crippen LogP contribution >= 0.6 is 11.6 Å². The van der Waals surface area contributed by atoms with E-state index in [1.807, 2.05) is 0 Å². The summed E-state index contributed by atoms with van der Waals surface area (Å²) in [6.45, 7) is 0. The van der Waals surface area contributed by atoms with Gasteiger partial charge in [-0.05, 0) is 42.0 Å². The summed E-state index contributed by atoms with van der Waals surface area (Å²) < 4.78 is 37.1. The van der Waals surface area contributed by atoms with E-state index in [1.54, 1.807) is 24.5 Å². The second-order valence-electron chi connectivity index (χ2n) is 3.88.